The maximum absolute atomic E-state index is 13.4. The zero-order valence-corrected chi connectivity index (χ0v) is 17.4. The van der Waals surface area contributed by atoms with Crippen LogP contribution in [0.5, 0.6) is 0 Å². The fraction of sp³-hybridized carbons (Fsp3) is 0.217. The molecule has 0 saturated carbocycles. The van der Waals surface area contributed by atoms with E-state index in [0.29, 0.717) is 29.5 Å². The van der Waals surface area contributed by atoms with Crippen LogP contribution in [0.3, 0.4) is 0 Å². The summed E-state index contributed by atoms with van der Waals surface area (Å²) in [4.78, 5) is 8.82. The van der Waals surface area contributed by atoms with E-state index in [1.54, 1.807) is 16.8 Å². The van der Waals surface area contributed by atoms with Crippen LogP contribution < -0.4 is 5.32 Å². The summed E-state index contributed by atoms with van der Waals surface area (Å²) in [5.41, 5.74) is 3.81. The van der Waals surface area contributed by atoms with Crippen molar-refractivity contribution >= 4 is 5.82 Å². The summed E-state index contributed by atoms with van der Waals surface area (Å²) in [6.07, 6.45) is 1.50. The zero-order chi connectivity index (χ0) is 21.6. The molecule has 0 radical (unpaired) electrons. The SMILES string of the molecule is CCOCn1nnc(-c2ccc(F)cc2)c1-c1cc(N[C@@H](C)c2ccccc2)ncn1. The van der Waals surface area contributed by atoms with Crippen LogP contribution in [0, 0.1) is 5.82 Å². The van der Waals surface area contributed by atoms with E-state index in [0.717, 1.165) is 11.1 Å². The number of halogens is 1. The fourth-order valence-electron chi connectivity index (χ4n) is 3.25. The number of hydrogen-bond acceptors (Lipinski definition) is 6. The number of ether oxygens (including phenoxy) is 1. The van der Waals surface area contributed by atoms with E-state index >= 15 is 0 Å². The van der Waals surface area contributed by atoms with Gasteiger partial charge in [-0.3, -0.25) is 0 Å². The summed E-state index contributed by atoms with van der Waals surface area (Å²) in [5.74, 6) is 0.367. The quantitative estimate of drug-likeness (QED) is 0.447. The van der Waals surface area contributed by atoms with Crippen LogP contribution in [-0.4, -0.2) is 31.6 Å². The van der Waals surface area contributed by atoms with Crippen molar-refractivity contribution in [3.63, 3.8) is 0 Å². The first kappa shape index (κ1) is 20.6. The van der Waals surface area contributed by atoms with Crippen molar-refractivity contribution in [2.45, 2.75) is 26.6 Å². The third kappa shape index (κ3) is 4.75. The van der Waals surface area contributed by atoms with Gasteiger partial charge in [-0.05, 0) is 43.7 Å². The number of benzene rings is 2. The molecule has 31 heavy (non-hydrogen) atoms. The number of aromatic nitrogens is 5. The molecule has 2 aromatic carbocycles. The summed E-state index contributed by atoms with van der Waals surface area (Å²) in [7, 11) is 0. The molecule has 158 valence electrons. The molecule has 0 saturated heterocycles. The summed E-state index contributed by atoms with van der Waals surface area (Å²) >= 11 is 0. The molecule has 1 N–H and O–H groups in total. The van der Waals surface area contributed by atoms with E-state index in [2.05, 4.69) is 44.7 Å². The van der Waals surface area contributed by atoms with Crippen molar-refractivity contribution in [3.05, 3.63) is 78.4 Å². The minimum Gasteiger partial charge on any atom is -0.363 e. The molecule has 4 aromatic rings. The van der Waals surface area contributed by atoms with Gasteiger partial charge in [0.15, 0.2) is 0 Å². The molecule has 8 heteroatoms. The van der Waals surface area contributed by atoms with Gasteiger partial charge in [-0.25, -0.2) is 19.0 Å². The van der Waals surface area contributed by atoms with Gasteiger partial charge < -0.3 is 10.1 Å². The Morgan fingerprint density at radius 3 is 2.58 bits per heavy atom. The highest BCUT2D eigenvalue weighted by Crippen LogP contribution is 2.30. The van der Waals surface area contributed by atoms with Crippen LogP contribution in [-0.2, 0) is 11.5 Å². The molecule has 0 aliphatic heterocycles. The van der Waals surface area contributed by atoms with Gasteiger partial charge in [-0.2, -0.15) is 0 Å². The Kier molecular flexibility index (Phi) is 6.28. The maximum Gasteiger partial charge on any atom is 0.141 e. The predicted molar refractivity (Wildman–Crippen MR) is 117 cm³/mol. The second-order valence-corrected chi connectivity index (χ2v) is 6.98. The van der Waals surface area contributed by atoms with Gasteiger partial charge in [-0.15, -0.1) is 5.10 Å². The first-order chi connectivity index (χ1) is 15.2. The lowest BCUT2D eigenvalue weighted by molar-refractivity contribution is 0.0790. The molecular formula is C23H23FN6O. The van der Waals surface area contributed by atoms with Crippen molar-refractivity contribution in [2.24, 2.45) is 0 Å². The van der Waals surface area contributed by atoms with Gasteiger partial charge in [0, 0.05) is 24.3 Å². The van der Waals surface area contributed by atoms with Crippen molar-refractivity contribution in [2.75, 3.05) is 11.9 Å². The second-order valence-electron chi connectivity index (χ2n) is 6.98. The minimum atomic E-state index is -0.310. The van der Waals surface area contributed by atoms with Gasteiger partial charge in [-0.1, -0.05) is 35.5 Å². The lowest BCUT2D eigenvalue weighted by Crippen LogP contribution is -2.09. The van der Waals surface area contributed by atoms with E-state index in [-0.39, 0.29) is 18.6 Å². The maximum atomic E-state index is 13.4. The topological polar surface area (TPSA) is 77.8 Å². The summed E-state index contributed by atoms with van der Waals surface area (Å²) in [5, 5.41) is 12.0. The average Bonchev–Trinajstić information content (AvgIpc) is 3.23. The van der Waals surface area contributed by atoms with E-state index in [4.69, 9.17) is 4.74 Å². The van der Waals surface area contributed by atoms with Crippen LogP contribution in [0.25, 0.3) is 22.6 Å². The first-order valence-corrected chi connectivity index (χ1v) is 10.1. The third-order valence-electron chi connectivity index (χ3n) is 4.84. The second kappa shape index (κ2) is 9.44. The molecule has 2 aromatic heterocycles. The van der Waals surface area contributed by atoms with E-state index < -0.39 is 0 Å². The Labute approximate surface area is 179 Å². The largest absolute Gasteiger partial charge is 0.363 e. The molecule has 0 aliphatic carbocycles. The summed E-state index contributed by atoms with van der Waals surface area (Å²) < 4.78 is 20.6. The van der Waals surface area contributed by atoms with Gasteiger partial charge in [0.05, 0.1) is 5.69 Å². The van der Waals surface area contributed by atoms with Gasteiger partial charge in [0.25, 0.3) is 0 Å². The Morgan fingerprint density at radius 2 is 1.84 bits per heavy atom. The van der Waals surface area contributed by atoms with Crippen LogP contribution in [0.15, 0.2) is 67.0 Å². The highest BCUT2D eigenvalue weighted by molar-refractivity contribution is 5.77. The zero-order valence-electron chi connectivity index (χ0n) is 17.4. The van der Waals surface area contributed by atoms with Gasteiger partial charge in [0.2, 0.25) is 0 Å². The van der Waals surface area contributed by atoms with Gasteiger partial charge >= 0.3 is 0 Å². The summed E-state index contributed by atoms with van der Waals surface area (Å²) in [6.45, 7) is 4.75. The molecule has 0 fully saturated rings. The van der Waals surface area contributed by atoms with E-state index in [1.807, 2.05) is 31.2 Å². The minimum absolute atomic E-state index is 0.0620. The fourth-order valence-corrected chi connectivity index (χ4v) is 3.25. The number of nitrogens with one attached hydrogen (secondary N) is 1. The van der Waals surface area contributed by atoms with E-state index in [1.165, 1.54) is 18.5 Å². The molecule has 1 atom stereocenters. The number of hydrogen-bond donors (Lipinski definition) is 1. The lowest BCUT2D eigenvalue weighted by Gasteiger charge is -2.15. The highest BCUT2D eigenvalue weighted by atomic mass is 19.1. The molecule has 0 bridgehead atoms. The average molecular weight is 418 g/mol. The number of rotatable bonds is 8. The smallest absolute Gasteiger partial charge is 0.141 e. The summed E-state index contributed by atoms with van der Waals surface area (Å²) in [6, 6.07) is 18.2. The number of nitrogens with zero attached hydrogens (tertiary/aromatic N) is 5. The first-order valence-electron chi connectivity index (χ1n) is 10.1. The number of anilines is 1. The van der Waals surface area contributed by atoms with Crippen molar-refractivity contribution in [1.82, 2.24) is 25.0 Å². The van der Waals surface area contributed by atoms with Gasteiger partial charge in [0.1, 0.15) is 36.1 Å². The van der Waals surface area contributed by atoms with Crippen LogP contribution in [0.4, 0.5) is 10.2 Å². The van der Waals surface area contributed by atoms with Crippen molar-refractivity contribution in [3.8, 4) is 22.6 Å². The Hall–Kier alpha value is -3.65. The molecule has 7 nitrogen and oxygen atoms in total. The van der Waals surface area contributed by atoms with Crippen molar-refractivity contribution < 1.29 is 9.13 Å². The standard InChI is InChI=1S/C23H23FN6O/c1-3-31-15-30-23(22(28-29-30)18-9-11-19(24)12-10-18)20-13-21(26-14-25-20)27-16(2)17-7-5-4-6-8-17/h4-14,16H,3,15H2,1-2H3,(H,25,26,27)/t16-/m0/s1. The lowest BCUT2D eigenvalue weighted by atomic mass is 10.1. The van der Waals surface area contributed by atoms with Crippen LogP contribution >= 0.6 is 0 Å². The molecule has 0 amide bonds. The normalized spacial score (nSPS) is 12.0. The Balaban J connectivity index is 1.70. The highest BCUT2D eigenvalue weighted by Gasteiger charge is 2.19. The molecule has 0 unspecified atom stereocenters. The molecule has 0 aliphatic rings. The molecule has 4 rings (SSSR count). The van der Waals surface area contributed by atoms with E-state index in [9.17, 15) is 4.39 Å². The Bertz CT molecular complexity index is 1130. The van der Waals surface area contributed by atoms with Crippen LogP contribution in [0.1, 0.15) is 25.5 Å². The van der Waals surface area contributed by atoms with Crippen molar-refractivity contribution in [1.29, 1.82) is 0 Å². The molecular weight excluding hydrogens is 395 g/mol. The Morgan fingerprint density at radius 1 is 1.06 bits per heavy atom. The molecule has 0 spiro atoms. The predicted octanol–water partition coefficient (Wildman–Crippen LogP) is 4.71. The van der Waals surface area contributed by atoms with Crippen LogP contribution in [0.2, 0.25) is 0 Å². The monoisotopic (exact) mass is 418 g/mol. The third-order valence-corrected chi connectivity index (χ3v) is 4.84. The molecule has 2 heterocycles.